The Morgan fingerprint density at radius 2 is 2.16 bits per heavy atom. The van der Waals surface area contributed by atoms with Gasteiger partial charge in [-0.05, 0) is 76.1 Å². The average Bonchev–Trinajstić information content (AvgIpc) is 3.39. The van der Waals surface area contributed by atoms with Crippen LogP contribution in [0.3, 0.4) is 0 Å². The first-order valence-electron chi connectivity index (χ1n) is 11.9. The van der Waals surface area contributed by atoms with Gasteiger partial charge < -0.3 is 5.32 Å². The van der Waals surface area contributed by atoms with Crippen LogP contribution < -0.4 is 16.2 Å². The highest BCUT2D eigenvalue weighted by Crippen LogP contribution is 2.40. The topological polar surface area (TPSA) is 82.2 Å². The zero-order valence-electron chi connectivity index (χ0n) is 19.0. The van der Waals surface area contributed by atoms with E-state index in [1.54, 1.807) is 11.3 Å². The summed E-state index contributed by atoms with van der Waals surface area (Å²) in [5, 5.41) is 3.41. The Balaban J connectivity index is 1.18. The molecule has 0 bridgehead atoms. The molecule has 172 valence electrons. The average molecular weight is 455 g/mol. The molecule has 32 heavy (non-hydrogen) atoms. The number of nitrogens with one attached hydrogen (secondary N) is 3. The number of carbonyl (C=O) groups is 1. The summed E-state index contributed by atoms with van der Waals surface area (Å²) in [5.74, 6) is 0.779. The van der Waals surface area contributed by atoms with Crippen molar-refractivity contribution in [1.29, 1.82) is 0 Å². The number of nitrogens with zero attached hydrogens (tertiary/aromatic N) is 3. The fourth-order valence-corrected chi connectivity index (χ4v) is 6.52. The lowest BCUT2D eigenvalue weighted by atomic mass is 9.74. The number of likely N-dealkylation sites (tertiary alicyclic amines) is 1. The number of aryl methyl sites for hydroxylation is 2. The van der Waals surface area contributed by atoms with Gasteiger partial charge in [-0.3, -0.25) is 20.1 Å². The molecule has 0 aromatic carbocycles. The molecule has 1 saturated carbocycles. The number of hydrogen-bond donors (Lipinski definition) is 3. The van der Waals surface area contributed by atoms with Gasteiger partial charge in [0.1, 0.15) is 0 Å². The fraction of sp³-hybridized carbons (Fsp3) is 0.625. The van der Waals surface area contributed by atoms with Gasteiger partial charge in [0, 0.05) is 47.9 Å². The molecule has 3 N–H and O–H groups in total. The summed E-state index contributed by atoms with van der Waals surface area (Å²) < 4.78 is 0. The van der Waals surface area contributed by atoms with Crippen molar-refractivity contribution in [1.82, 2.24) is 31.0 Å². The number of pyridine rings is 1. The molecule has 2 aliphatic heterocycles. The van der Waals surface area contributed by atoms with E-state index in [1.165, 1.54) is 10.4 Å². The van der Waals surface area contributed by atoms with Crippen LogP contribution in [0.2, 0.25) is 0 Å². The second-order valence-corrected chi connectivity index (χ2v) is 10.7. The second kappa shape index (κ2) is 9.55. The number of amides is 1. The molecule has 8 heteroatoms. The molecule has 2 aromatic heterocycles. The third kappa shape index (κ3) is 4.73. The standard InChI is InChI=1S/C24H34N6OS/c1-15-10-17(7-8-25-15)23-20-11-18(5-6-21(20)28-29-23)24(31)27-19-4-3-9-30(12-19)13-22-16(2)26-14-32-22/h7-8,10,14,18-21,23,28-29H,3-6,9,11-13H2,1-2H3,(H,27,31)/t18?,19-,20?,21?,23?/m1/s1. The maximum absolute atomic E-state index is 13.2. The van der Waals surface area contributed by atoms with Crippen LogP contribution in [0.5, 0.6) is 0 Å². The van der Waals surface area contributed by atoms with Gasteiger partial charge >= 0.3 is 0 Å². The summed E-state index contributed by atoms with van der Waals surface area (Å²) in [6.45, 7) is 7.09. The first-order valence-corrected chi connectivity index (χ1v) is 12.8. The highest BCUT2D eigenvalue weighted by molar-refractivity contribution is 7.09. The Bertz CT molecular complexity index is 948. The third-order valence-electron chi connectivity index (χ3n) is 7.47. The van der Waals surface area contributed by atoms with Crippen molar-refractivity contribution in [3.8, 4) is 0 Å². The van der Waals surface area contributed by atoms with Crippen LogP contribution in [0.1, 0.15) is 60.0 Å². The highest BCUT2D eigenvalue weighted by atomic mass is 32.1. The van der Waals surface area contributed by atoms with Crippen LogP contribution in [-0.2, 0) is 11.3 Å². The molecule has 4 heterocycles. The number of piperidine rings is 1. The van der Waals surface area contributed by atoms with Crippen molar-refractivity contribution >= 4 is 17.2 Å². The Labute approximate surface area is 194 Å². The van der Waals surface area contributed by atoms with Gasteiger partial charge in [-0.15, -0.1) is 11.3 Å². The van der Waals surface area contributed by atoms with E-state index in [1.807, 2.05) is 18.6 Å². The van der Waals surface area contributed by atoms with Crippen LogP contribution in [-0.4, -0.2) is 45.9 Å². The summed E-state index contributed by atoms with van der Waals surface area (Å²) in [4.78, 5) is 25.8. The number of hydrazine groups is 1. The van der Waals surface area contributed by atoms with Crippen molar-refractivity contribution < 1.29 is 4.79 Å². The van der Waals surface area contributed by atoms with Gasteiger partial charge in [-0.2, -0.15) is 0 Å². The molecule has 5 atom stereocenters. The number of hydrogen-bond acceptors (Lipinski definition) is 7. The van der Waals surface area contributed by atoms with Crippen LogP contribution in [0.25, 0.3) is 0 Å². The summed E-state index contributed by atoms with van der Waals surface area (Å²) in [6.07, 6.45) is 7.02. The number of thiazole rings is 1. The second-order valence-electron chi connectivity index (χ2n) is 9.72. The van der Waals surface area contributed by atoms with Crippen molar-refractivity contribution in [2.45, 2.75) is 70.6 Å². The van der Waals surface area contributed by atoms with E-state index in [-0.39, 0.29) is 23.9 Å². The van der Waals surface area contributed by atoms with Gasteiger partial charge in [-0.25, -0.2) is 10.4 Å². The van der Waals surface area contributed by atoms with E-state index in [0.717, 1.165) is 63.1 Å². The zero-order chi connectivity index (χ0) is 22.1. The summed E-state index contributed by atoms with van der Waals surface area (Å²) >= 11 is 1.73. The first kappa shape index (κ1) is 21.9. The Morgan fingerprint density at radius 1 is 1.25 bits per heavy atom. The van der Waals surface area contributed by atoms with Gasteiger partial charge in [0.05, 0.1) is 17.2 Å². The molecule has 3 fully saturated rings. The molecule has 7 nitrogen and oxygen atoms in total. The van der Waals surface area contributed by atoms with E-state index < -0.39 is 0 Å². The lowest BCUT2D eigenvalue weighted by Gasteiger charge is -2.36. The van der Waals surface area contributed by atoms with Crippen LogP contribution in [0, 0.1) is 25.7 Å². The molecule has 5 rings (SSSR count). The first-order chi connectivity index (χ1) is 15.6. The zero-order valence-corrected chi connectivity index (χ0v) is 19.8. The van der Waals surface area contributed by atoms with Crippen molar-refractivity contribution in [2.75, 3.05) is 13.1 Å². The molecule has 4 unspecified atom stereocenters. The number of rotatable bonds is 5. The molecular weight excluding hydrogens is 420 g/mol. The van der Waals surface area contributed by atoms with Crippen molar-refractivity contribution in [3.63, 3.8) is 0 Å². The predicted molar refractivity (Wildman–Crippen MR) is 126 cm³/mol. The Kier molecular flexibility index (Phi) is 6.55. The summed E-state index contributed by atoms with van der Waals surface area (Å²) in [7, 11) is 0. The minimum absolute atomic E-state index is 0.0995. The minimum Gasteiger partial charge on any atom is -0.352 e. The van der Waals surface area contributed by atoms with Gasteiger partial charge in [-0.1, -0.05) is 0 Å². The molecule has 2 saturated heterocycles. The maximum Gasteiger partial charge on any atom is 0.223 e. The monoisotopic (exact) mass is 454 g/mol. The smallest absolute Gasteiger partial charge is 0.223 e. The predicted octanol–water partition coefficient (Wildman–Crippen LogP) is 2.87. The molecule has 0 spiro atoms. The fourth-order valence-electron chi connectivity index (χ4n) is 5.70. The number of carbonyl (C=O) groups excluding carboxylic acids is 1. The molecule has 2 aromatic rings. The van der Waals surface area contributed by atoms with Gasteiger partial charge in [0.15, 0.2) is 0 Å². The van der Waals surface area contributed by atoms with Crippen LogP contribution >= 0.6 is 11.3 Å². The Hall–Kier alpha value is -1.87. The SMILES string of the molecule is Cc1cc(C2NNC3CCC(C(=O)N[C@@H]4CCCN(Cc5scnc5C)C4)CC32)ccn1. The van der Waals surface area contributed by atoms with Crippen molar-refractivity contribution in [3.05, 3.63) is 45.7 Å². The molecule has 0 radical (unpaired) electrons. The van der Waals surface area contributed by atoms with E-state index >= 15 is 0 Å². The largest absolute Gasteiger partial charge is 0.352 e. The summed E-state index contributed by atoms with van der Waals surface area (Å²) in [6, 6.07) is 5.18. The molecular formula is C24H34N6OS. The van der Waals surface area contributed by atoms with E-state index in [0.29, 0.717) is 12.0 Å². The lowest BCUT2D eigenvalue weighted by Crippen LogP contribution is -2.50. The molecule has 3 aliphatic rings. The van der Waals surface area contributed by atoms with Gasteiger partial charge in [0.25, 0.3) is 0 Å². The lowest BCUT2D eigenvalue weighted by molar-refractivity contribution is -0.127. The van der Waals surface area contributed by atoms with E-state index in [2.05, 4.69) is 50.1 Å². The van der Waals surface area contributed by atoms with E-state index in [4.69, 9.17) is 0 Å². The van der Waals surface area contributed by atoms with Crippen molar-refractivity contribution in [2.24, 2.45) is 11.8 Å². The summed E-state index contributed by atoms with van der Waals surface area (Å²) in [5.41, 5.74) is 12.3. The maximum atomic E-state index is 13.2. The Morgan fingerprint density at radius 3 is 2.97 bits per heavy atom. The molecule has 1 amide bonds. The van der Waals surface area contributed by atoms with E-state index in [9.17, 15) is 4.79 Å². The van der Waals surface area contributed by atoms with Gasteiger partial charge in [0.2, 0.25) is 5.91 Å². The highest BCUT2D eigenvalue weighted by Gasteiger charge is 2.43. The normalized spacial score (nSPS) is 30.8. The molecule has 1 aliphatic carbocycles. The minimum atomic E-state index is 0.0995. The quantitative estimate of drug-likeness (QED) is 0.645. The number of aromatic nitrogens is 2. The third-order valence-corrected chi connectivity index (χ3v) is 8.39. The number of fused-ring (bicyclic) bond motifs is 1. The van der Waals surface area contributed by atoms with Crippen LogP contribution in [0.15, 0.2) is 23.8 Å². The van der Waals surface area contributed by atoms with Crippen LogP contribution in [0.4, 0.5) is 0 Å².